The highest BCUT2D eigenvalue weighted by atomic mass is 79.9. The number of benzene rings is 2. The van der Waals surface area contributed by atoms with E-state index in [9.17, 15) is 19.3 Å². The van der Waals surface area contributed by atoms with E-state index < -0.39 is 16.5 Å². The number of hydrogen-bond donors (Lipinski definition) is 0. The second kappa shape index (κ2) is 5.92. The maximum atomic E-state index is 13.6. The molecule has 0 radical (unpaired) electrons. The van der Waals surface area contributed by atoms with Crippen LogP contribution in [-0.4, -0.2) is 10.7 Å². The van der Waals surface area contributed by atoms with Crippen molar-refractivity contribution < 1.29 is 14.1 Å². The Morgan fingerprint density at radius 3 is 2.65 bits per heavy atom. The number of nitro groups is 1. The highest BCUT2D eigenvalue weighted by Crippen LogP contribution is 2.22. The smallest absolute Gasteiger partial charge is 0.273 e. The van der Waals surface area contributed by atoms with Gasteiger partial charge in [0.25, 0.3) is 5.69 Å². The molecule has 2 aromatic rings. The van der Waals surface area contributed by atoms with Crippen molar-refractivity contribution in [2.75, 3.05) is 0 Å². The average molecular weight is 338 g/mol. The Bertz CT molecular complexity index is 688. The van der Waals surface area contributed by atoms with Crippen molar-refractivity contribution in [3.05, 3.63) is 74.0 Å². The summed E-state index contributed by atoms with van der Waals surface area (Å²) in [7, 11) is 0. The van der Waals surface area contributed by atoms with E-state index in [4.69, 9.17) is 0 Å². The van der Waals surface area contributed by atoms with Crippen molar-refractivity contribution >= 4 is 27.4 Å². The fourth-order valence-corrected chi connectivity index (χ4v) is 2.18. The summed E-state index contributed by atoms with van der Waals surface area (Å²) >= 11 is 3.16. The molecular weight excluding hydrogens is 329 g/mol. The van der Waals surface area contributed by atoms with Gasteiger partial charge < -0.3 is 0 Å². The second-order valence-electron chi connectivity index (χ2n) is 4.11. The molecule has 0 N–H and O–H groups in total. The quantitative estimate of drug-likeness (QED) is 0.482. The first-order chi connectivity index (χ1) is 9.49. The molecule has 20 heavy (non-hydrogen) atoms. The summed E-state index contributed by atoms with van der Waals surface area (Å²) in [5, 5.41) is 10.9. The summed E-state index contributed by atoms with van der Waals surface area (Å²) in [6.07, 6.45) is -0.218. The lowest BCUT2D eigenvalue weighted by Gasteiger charge is -2.04. The molecule has 6 heteroatoms. The number of ketones is 1. The minimum Gasteiger partial charge on any atom is -0.294 e. The van der Waals surface area contributed by atoms with Crippen LogP contribution < -0.4 is 0 Å². The molecule has 0 saturated heterocycles. The van der Waals surface area contributed by atoms with Crippen molar-refractivity contribution in [1.82, 2.24) is 0 Å². The van der Waals surface area contributed by atoms with Crippen molar-refractivity contribution in [2.45, 2.75) is 6.42 Å². The number of carbonyl (C=O) groups is 1. The Morgan fingerprint density at radius 1 is 1.25 bits per heavy atom. The molecule has 0 spiro atoms. The Hall–Kier alpha value is -2.08. The van der Waals surface area contributed by atoms with Crippen LogP contribution in [0.3, 0.4) is 0 Å². The van der Waals surface area contributed by atoms with E-state index in [1.54, 1.807) is 6.07 Å². The molecule has 0 bridgehead atoms. The van der Waals surface area contributed by atoms with Gasteiger partial charge in [-0.15, -0.1) is 0 Å². The van der Waals surface area contributed by atoms with Crippen LogP contribution in [0.15, 0.2) is 46.9 Å². The van der Waals surface area contributed by atoms with Gasteiger partial charge in [-0.2, -0.15) is 0 Å². The molecule has 102 valence electrons. The van der Waals surface area contributed by atoms with Gasteiger partial charge >= 0.3 is 0 Å². The number of para-hydroxylation sites is 1. The van der Waals surface area contributed by atoms with Crippen LogP contribution in [0.5, 0.6) is 0 Å². The zero-order valence-corrected chi connectivity index (χ0v) is 11.8. The molecule has 2 aromatic carbocycles. The Balaban J connectivity index is 2.33. The molecule has 0 aliphatic heterocycles. The largest absolute Gasteiger partial charge is 0.294 e. The van der Waals surface area contributed by atoms with Crippen molar-refractivity contribution in [2.24, 2.45) is 0 Å². The van der Waals surface area contributed by atoms with Crippen molar-refractivity contribution in [3.8, 4) is 0 Å². The molecular formula is C14H9BrFNO3. The monoisotopic (exact) mass is 337 g/mol. The van der Waals surface area contributed by atoms with Gasteiger partial charge in [-0.25, -0.2) is 4.39 Å². The van der Waals surface area contributed by atoms with E-state index >= 15 is 0 Å². The van der Waals surface area contributed by atoms with Crippen LogP contribution in [0.1, 0.15) is 15.9 Å². The van der Waals surface area contributed by atoms with E-state index in [2.05, 4.69) is 15.9 Å². The highest BCUT2D eigenvalue weighted by molar-refractivity contribution is 9.10. The SMILES string of the molecule is O=C(Cc1ccccc1[N+](=O)[O-])c1cc(Br)ccc1F. The van der Waals surface area contributed by atoms with Crippen LogP contribution in [0.4, 0.5) is 10.1 Å². The van der Waals surface area contributed by atoms with E-state index in [-0.39, 0.29) is 23.2 Å². The zero-order valence-electron chi connectivity index (χ0n) is 10.2. The van der Waals surface area contributed by atoms with E-state index in [1.807, 2.05) is 0 Å². The molecule has 0 fully saturated rings. The average Bonchev–Trinajstić information content (AvgIpc) is 2.41. The number of rotatable bonds is 4. The summed E-state index contributed by atoms with van der Waals surface area (Å²) in [4.78, 5) is 22.4. The van der Waals surface area contributed by atoms with Crippen LogP contribution >= 0.6 is 15.9 Å². The third-order valence-electron chi connectivity index (χ3n) is 2.77. The summed E-state index contributed by atoms with van der Waals surface area (Å²) in [6, 6.07) is 9.96. The van der Waals surface area contributed by atoms with Crippen molar-refractivity contribution in [3.63, 3.8) is 0 Å². The van der Waals surface area contributed by atoms with Crippen LogP contribution in [0, 0.1) is 15.9 Å². The third kappa shape index (κ3) is 3.08. The Labute approximate surface area is 122 Å². The first-order valence-electron chi connectivity index (χ1n) is 5.69. The summed E-state index contributed by atoms with van der Waals surface area (Å²) in [5.41, 5.74) is 0.0376. The number of nitro benzene ring substituents is 1. The zero-order chi connectivity index (χ0) is 14.7. The summed E-state index contributed by atoms with van der Waals surface area (Å²) < 4.78 is 14.2. The van der Waals surface area contributed by atoms with Gasteiger partial charge in [0, 0.05) is 22.5 Å². The molecule has 0 aliphatic rings. The number of nitrogens with zero attached hydrogens (tertiary/aromatic N) is 1. The van der Waals surface area contributed by atoms with Crippen molar-refractivity contribution in [1.29, 1.82) is 0 Å². The van der Waals surface area contributed by atoms with Gasteiger partial charge in [-0.3, -0.25) is 14.9 Å². The molecule has 0 saturated carbocycles. The molecule has 0 amide bonds. The number of hydrogen-bond acceptors (Lipinski definition) is 3. The lowest BCUT2D eigenvalue weighted by molar-refractivity contribution is -0.385. The van der Waals surface area contributed by atoms with Gasteiger partial charge in [0.05, 0.1) is 10.5 Å². The molecule has 4 nitrogen and oxygen atoms in total. The minimum absolute atomic E-state index is 0.0856. The van der Waals surface area contributed by atoms with Crippen LogP contribution in [-0.2, 0) is 6.42 Å². The summed E-state index contributed by atoms with van der Waals surface area (Å²) in [5.74, 6) is -1.14. The molecule has 0 heterocycles. The highest BCUT2D eigenvalue weighted by Gasteiger charge is 2.18. The molecule has 0 unspecified atom stereocenters. The molecule has 0 aliphatic carbocycles. The van der Waals surface area contributed by atoms with Gasteiger partial charge in [-0.1, -0.05) is 34.1 Å². The lowest BCUT2D eigenvalue weighted by Crippen LogP contribution is -2.08. The molecule has 0 aromatic heterocycles. The molecule has 0 atom stereocenters. The summed E-state index contributed by atoms with van der Waals surface area (Å²) in [6.45, 7) is 0. The number of halogens is 2. The fraction of sp³-hybridized carbons (Fsp3) is 0.0714. The van der Waals surface area contributed by atoms with Crippen LogP contribution in [0.25, 0.3) is 0 Å². The predicted molar refractivity (Wildman–Crippen MR) is 75.2 cm³/mol. The van der Waals surface area contributed by atoms with Crippen LogP contribution in [0.2, 0.25) is 0 Å². The van der Waals surface area contributed by atoms with Gasteiger partial charge in [0.1, 0.15) is 5.82 Å². The van der Waals surface area contributed by atoms with E-state index in [0.29, 0.717) is 4.47 Å². The molecule has 2 rings (SSSR count). The standard InChI is InChI=1S/C14H9BrFNO3/c15-10-5-6-12(16)11(8-10)14(18)7-9-3-1-2-4-13(9)17(19)20/h1-6,8H,7H2. The second-order valence-corrected chi connectivity index (χ2v) is 5.03. The first-order valence-corrected chi connectivity index (χ1v) is 6.49. The Morgan fingerprint density at radius 2 is 1.95 bits per heavy atom. The van der Waals surface area contributed by atoms with E-state index in [1.165, 1.54) is 36.4 Å². The predicted octanol–water partition coefficient (Wildman–Crippen LogP) is 3.92. The number of carbonyl (C=O) groups excluding carboxylic acids is 1. The van der Waals surface area contributed by atoms with Gasteiger partial charge in [0.2, 0.25) is 0 Å². The fourth-order valence-electron chi connectivity index (χ4n) is 1.82. The van der Waals surface area contributed by atoms with E-state index in [0.717, 1.165) is 0 Å². The van der Waals surface area contributed by atoms with Gasteiger partial charge in [0.15, 0.2) is 5.78 Å². The normalized spacial score (nSPS) is 10.3. The third-order valence-corrected chi connectivity index (χ3v) is 3.26. The maximum absolute atomic E-state index is 13.6. The van der Waals surface area contributed by atoms with Gasteiger partial charge in [-0.05, 0) is 18.2 Å². The number of Topliss-reactive ketones (excluding diaryl/α,β-unsaturated/α-hetero) is 1. The first kappa shape index (κ1) is 14.3. The minimum atomic E-state index is -0.642. The Kier molecular flexibility index (Phi) is 4.24. The topological polar surface area (TPSA) is 60.2 Å². The maximum Gasteiger partial charge on any atom is 0.273 e. The lowest BCUT2D eigenvalue weighted by atomic mass is 10.0.